The Balaban J connectivity index is 2.63. The molecule has 0 aromatic carbocycles. The summed E-state index contributed by atoms with van der Waals surface area (Å²) in [6, 6.07) is 0. The predicted molar refractivity (Wildman–Crippen MR) is 61.4 cm³/mol. The lowest BCUT2D eigenvalue weighted by molar-refractivity contribution is -0.121. The highest BCUT2D eigenvalue weighted by Crippen LogP contribution is 2.08. The van der Waals surface area contributed by atoms with E-state index in [4.69, 9.17) is 4.74 Å². The maximum absolute atomic E-state index is 11.5. The van der Waals surface area contributed by atoms with Crippen LogP contribution in [0.2, 0.25) is 0 Å². The summed E-state index contributed by atoms with van der Waals surface area (Å²) in [5, 5.41) is 0. The number of carbonyl (C=O) groups is 1. The Bertz CT molecular complexity index is 351. The number of ketones is 1. The van der Waals surface area contributed by atoms with E-state index in [1.54, 1.807) is 12.4 Å². The molecule has 0 N–H and O–H groups in total. The van der Waals surface area contributed by atoms with Crippen molar-refractivity contribution >= 4 is 5.78 Å². The highest BCUT2D eigenvalue weighted by molar-refractivity contribution is 5.82. The second-order valence-electron chi connectivity index (χ2n) is 3.99. The Kier molecular flexibility index (Phi) is 4.89. The molecule has 0 aliphatic heterocycles. The quantitative estimate of drug-likeness (QED) is 0.739. The van der Waals surface area contributed by atoms with Gasteiger partial charge in [-0.15, -0.1) is 0 Å². The molecule has 1 heterocycles. The van der Waals surface area contributed by atoms with Crippen molar-refractivity contribution in [3.8, 4) is 5.88 Å². The number of hydrogen-bond acceptors (Lipinski definition) is 4. The van der Waals surface area contributed by atoms with E-state index in [1.807, 2.05) is 20.8 Å². The first-order chi connectivity index (χ1) is 7.63. The first-order valence-electron chi connectivity index (χ1n) is 5.60. The van der Waals surface area contributed by atoms with Gasteiger partial charge in [0.2, 0.25) is 5.88 Å². The molecule has 16 heavy (non-hydrogen) atoms. The molecular weight excluding hydrogens is 204 g/mol. The van der Waals surface area contributed by atoms with Gasteiger partial charge in [0.25, 0.3) is 0 Å². The van der Waals surface area contributed by atoms with Crippen LogP contribution in [0.5, 0.6) is 5.88 Å². The molecule has 0 spiro atoms. The highest BCUT2D eigenvalue weighted by atomic mass is 16.5. The van der Waals surface area contributed by atoms with Crippen LogP contribution in [0, 0.1) is 5.92 Å². The lowest BCUT2D eigenvalue weighted by atomic mass is 10.1. The summed E-state index contributed by atoms with van der Waals surface area (Å²) in [7, 11) is 0. The van der Waals surface area contributed by atoms with Crippen LogP contribution in [0.4, 0.5) is 0 Å². The van der Waals surface area contributed by atoms with Crippen LogP contribution in [0.25, 0.3) is 0 Å². The molecule has 0 atom stereocenters. The van der Waals surface area contributed by atoms with Crippen molar-refractivity contribution in [2.45, 2.75) is 33.6 Å². The highest BCUT2D eigenvalue weighted by Gasteiger charge is 2.10. The average molecular weight is 222 g/mol. The van der Waals surface area contributed by atoms with Gasteiger partial charge in [-0.1, -0.05) is 20.8 Å². The van der Waals surface area contributed by atoms with Gasteiger partial charge in [0, 0.05) is 12.1 Å². The minimum absolute atomic E-state index is 0.0296. The Labute approximate surface area is 96.1 Å². The van der Waals surface area contributed by atoms with E-state index < -0.39 is 0 Å². The summed E-state index contributed by atoms with van der Waals surface area (Å²) < 4.78 is 5.35. The van der Waals surface area contributed by atoms with Crippen molar-refractivity contribution < 1.29 is 9.53 Å². The summed E-state index contributed by atoms with van der Waals surface area (Å²) in [5.74, 6) is 0.694. The lowest BCUT2D eigenvalue weighted by Gasteiger charge is -2.06. The first-order valence-corrected chi connectivity index (χ1v) is 5.60. The van der Waals surface area contributed by atoms with E-state index in [1.165, 1.54) is 0 Å². The number of rotatable bonds is 6. The van der Waals surface area contributed by atoms with Gasteiger partial charge in [-0.05, 0) is 6.42 Å². The largest absolute Gasteiger partial charge is 0.477 e. The lowest BCUT2D eigenvalue weighted by Crippen LogP contribution is -2.12. The van der Waals surface area contributed by atoms with Gasteiger partial charge >= 0.3 is 0 Å². The molecule has 4 heteroatoms. The van der Waals surface area contributed by atoms with Crippen molar-refractivity contribution in [1.29, 1.82) is 0 Å². The number of Topliss-reactive ketones (excluding diaryl/α,β-unsaturated/α-hetero) is 1. The standard InChI is InChI=1S/C12H18N2O2/c1-4-5-16-12-8-13-7-10(14-12)6-11(15)9(2)3/h7-9H,4-6H2,1-3H3. The zero-order chi connectivity index (χ0) is 12.0. The molecule has 1 aromatic heterocycles. The van der Waals surface area contributed by atoms with Crippen molar-refractivity contribution in [3.63, 3.8) is 0 Å². The SMILES string of the molecule is CCCOc1cncc(CC(=O)C(C)C)n1. The van der Waals surface area contributed by atoms with Crippen molar-refractivity contribution in [1.82, 2.24) is 9.97 Å². The number of nitrogens with zero attached hydrogens (tertiary/aromatic N) is 2. The van der Waals surface area contributed by atoms with E-state index in [0.29, 0.717) is 24.6 Å². The van der Waals surface area contributed by atoms with E-state index >= 15 is 0 Å². The van der Waals surface area contributed by atoms with Crippen LogP contribution in [0.15, 0.2) is 12.4 Å². The molecule has 88 valence electrons. The minimum atomic E-state index is 0.0296. The monoisotopic (exact) mass is 222 g/mol. The third-order valence-corrected chi connectivity index (χ3v) is 2.12. The van der Waals surface area contributed by atoms with Crippen LogP contribution in [0.3, 0.4) is 0 Å². The number of ether oxygens (including phenoxy) is 1. The van der Waals surface area contributed by atoms with Crippen molar-refractivity contribution in [3.05, 3.63) is 18.1 Å². The number of carbonyl (C=O) groups excluding carboxylic acids is 1. The predicted octanol–water partition coefficient (Wildman–Crippen LogP) is 2.03. The maximum Gasteiger partial charge on any atom is 0.232 e. The van der Waals surface area contributed by atoms with Crippen LogP contribution in [-0.2, 0) is 11.2 Å². The van der Waals surface area contributed by atoms with E-state index in [2.05, 4.69) is 9.97 Å². The Morgan fingerprint density at radius 1 is 1.44 bits per heavy atom. The summed E-state index contributed by atoms with van der Waals surface area (Å²) in [6.45, 7) is 6.41. The number of hydrogen-bond donors (Lipinski definition) is 0. The minimum Gasteiger partial charge on any atom is -0.477 e. The topological polar surface area (TPSA) is 52.1 Å². The average Bonchev–Trinajstić information content (AvgIpc) is 2.26. The molecular formula is C12H18N2O2. The first kappa shape index (κ1) is 12.6. The molecule has 0 amide bonds. The third kappa shape index (κ3) is 3.96. The Morgan fingerprint density at radius 3 is 2.81 bits per heavy atom. The summed E-state index contributed by atoms with van der Waals surface area (Å²) in [6.07, 6.45) is 4.43. The molecule has 0 saturated heterocycles. The molecule has 0 fully saturated rings. The van der Waals surface area contributed by atoms with Crippen LogP contribution >= 0.6 is 0 Å². The van der Waals surface area contributed by atoms with Crippen molar-refractivity contribution in [2.75, 3.05) is 6.61 Å². The third-order valence-electron chi connectivity index (χ3n) is 2.12. The summed E-state index contributed by atoms with van der Waals surface area (Å²) in [4.78, 5) is 19.8. The maximum atomic E-state index is 11.5. The van der Waals surface area contributed by atoms with Gasteiger partial charge in [0.05, 0.1) is 24.9 Å². The second kappa shape index (κ2) is 6.20. The fourth-order valence-corrected chi connectivity index (χ4v) is 1.13. The fraction of sp³-hybridized carbons (Fsp3) is 0.583. The molecule has 0 saturated carbocycles. The smallest absolute Gasteiger partial charge is 0.232 e. The molecule has 0 aliphatic rings. The molecule has 0 bridgehead atoms. The van der Waals surface area contributed by atoms with Gasteiger partial charge in [-0.3, -0.25) is 9.78 Å². The molecule has 0 unspecified atom stereocenters. The fourth-order valence-electron chi connectivity index (χ4n) is 1.13. The Hall–Kier alpha value is -1.45. The van der Waals surface area contributed by atoms with Gasteiger partial charge in [0.15, 0.2) is 0 Å². The van der Waals surface area contributed by atoms with Gasteiger partial charge < -0.3 is 4.74 Å². The zero-order valence-corrected chi connectivity index (χ0v) is 10.1. The molecule has 4 nitrogen and oxygen atoms in total. The Morgan fingerprint density at radius 2 is 2.19 bits per heavy atom. The summed E-state index contributed by atoms with van der Waals surface area (Å²) >= 11 is 0. The normalized spacial score (nSPS) is 10.5. The second-order valence-corrected chi connectivity index (χ2v) is 3.99. The van der Waals surface area contributed by atoms with Gasteiger partial charge in [0.1, 0.15) is 5.78 Å². The number of aromatic nitrogens is 2. The zero-order valence-electron chi connectivity index (χ0n) is 10.1. The molecule has 1 rings (SSSR count). The van der Waals surface area contributed by atoms with Crippen LogP contribution in [0.1, 0.15) is 32.9 Å². The summed E-state index contributed by atoms with van der Waals surface area (Å²) in [5.41, 5.74) is 0.673. The molecule has 0 aliphatic carbocycles. The van der Waals surface area contributed by atoms with Gasteiger partial charge in [-0.2, -0.15) is 0 Å². The molecule has 1 aromatic rings. The van der Waals surface area contributed by atoms with E-state index in [-0.39, 0.29) is 11.7 Å². The van der Waals surface area contributed by atoms with Crippen molar-refractivity contribution in [2.24, 2.45) is 5.92 Å². The van der Waals surface area contributed by atoms with E-state index in [9.17, 15) is 4.79 Å². The molecule has 0 radical (unpaired) electrons. The van der Waals surface area contributed by atoms with Crippen LogP contribution in [-0.4, -0.2) is 22.4 Å². The van der Waals surface area contributed by atoms with Crippen LogP contribution < -0.4 is 4.74 Å². The van der Waals surface area contributed by atoms with Gasteiger partial charge in [-0.25, -0.2) is 4.98 Å². The van der Waals surface area contributed by atoms with E-state index in [0.717, 1.165) is 6.42 Å².